The zero-order valence-corrected chi connectivity index (χ0v) is 17.3. The van der Waals surface area contributed by atoms with E-state index in [-0.39, 0.29) is 25.6 Å². The van der Waals surface area contributed by atoms with Crippen LogP contribution >= 0.6 is 0 Å². The third kappa shape index (κ3) is 20.5. The Hall–Kier alpha value is 0.453. The molecule has 0 saturated heterocycles. The maximum atomic E-state index is 10.3. The molecule has 21 heavy (non-hydrogen) atoms. The van der Waals surface area contributed by atoms with Crippen molar-refractivity contribution in [2.24, 2.45) is 0 Å². The Kier molecular flexibility index (Phi) is 17.3. The number of rotatable bonds is 14. The molecule has 0 rings (SSSR count). The van der Waals surface area contributed by atoms with Crippen molar-refractivity contribution in [3.8, 4) is 0 Å². The first-order valence-electron chi connectivity index (χ1n) is 7.78. The normalized spacial score (nSPS) is 12.9. The van der Waals surface area contributed by atoms with Gasteiger partial charge in [0.2, 0.25) is 0 Å². The van der Waals surface area contributed by atoms with Crippen molar-refractivity contribution >= 4 is 10.4 Å². The van der Waals surface area contributed by atoms with E-state index >= 15 is 0 Å². The summed E-state index contributed by atoms with van der Waals surface area (Å²) < 4.78 is 32.8. The Balaban J connectivity index is 0. The molecule has 0 amide bonds. The summed E-state index contributed by atoms with van der Waals surface area (Å²) in [6.07, 6.45) is 13.0. The minimum absolute atomic E-state index is 0. The monoisotopic (exact) mass is 374 g/mol. The van der Waals surface area contributed by atoms with Gasteiger partial charge < -0.3 is 0 Å². The summed E-state index contributed by atoms with van der Waals surface area (Å²) in [5.41, 5.74) is 0. The molecule has 0 aromatic heterocycles. The average molecular weight is 376 g/mol. The van der Waals surface area contributed by atoms with Crippen molar-refractivity contribution in [3.05, 3.63) is 0 Å². The van der Waals surface area contributed by atoms with Crippen LogP contribution in [-0.4, -0.2) is 19.1 Å². The van der Waals surface area contributed by atoms with E-state index in [4.69, 9.17) is 4.55 Å². The van der Waals surface area contributed by atoms with E-state index in [9.17, 15) is 8.42 Å². The van der Waals surface area contributed by atoms with E-state index in [0.29, 0.717) is 0 Å². The van der Waals surface area contributed by atoms with Gasteiger partial charge in [0.05, 0.1) is 6.10 Å². The van der Waals surface area contributed by atoms with Gasteiger partial charge in [-0.05, 0) is 13.3 Å². The minimum Gasteiger partial charge on any atom is -0.262 e. The van der Waals surface area contributed by atoms with E-state index in [2.05, 4.69) is 16.1 Å². The molecule has 1 N–H and O–H groups in total. The van der Waals surface area contributed by atoms with Crippen molar-refractivity contribution < 1.29 is 41.7 Å². The Labute approximate surface area is 142 Å². The standard InChI is InChI=1S/C14H30O5S.Zn/c1-3-4-5-6-7-8-9-10-11-12-13-14(2)18-19-20(15,16)17;/h14H,3-13H2,1-2H3,(H,15,16,17);. The van der Waals surface area contributed by atoms with Crippen LogP contribution in [0.3, 0.4) is 0 Å². The van der Waals surface area contributed by atoms with Crippen molar-refractivity contribution in [3.63, 3.8) is 0 Å². The van der Waals surface area contributed by atoms with E-state index in [1.807, 2.05) is 0 Å². The first-order chi connectivity index (χ1) is 9.45. The number of hydrogen-bond donors (Lipinski definition) is 1. The van der Waals surface area contributed by atoms with Crippen molar-refractivity contribution in [2.75, 3.05) is 0 Å². The number of hydrogen-bond acceptors (Lipinski definition) is 4. The molecule has 124 valence electrons. The summed E-state index contributed by atoms with van der Waals surface area (Å²) in [6.45, 7) is 3.95. The Bertz CT molecular complexity index is 308. The summed E-state index contributed by atoms with van der Waals surface area (Å²) in [4.78, 5) is 4.55. The fourth-order valence-electron chi connectivity index (χ4n) is 2.08. The maximum absolute atomic E-state index is 10.3. The Morgan fingerprint density at radius 3 is 1.76 bits per heavy atom. The molecule has 1 unspecified atom stereocenters. The van der Waals surface area contributed by atoms with Crippen LogP contribution in [0.1, 0.15) is 84.5 Å². The van der Waals surface area contributed by atoms with Crippen molar-refractivity contribution in [2.45, 2.75) is 90.6 Å². The van der Waals surface area contributed by atoms with Gasteiger partial charge in [0, 0.05) is 19.5 Å². The summed E-state index contributed by atoms with van der Waals surface area (Å²) in [5, 5.41) is 0. The molecule has 0 aliphatic rings. The summed E-state index contributed by atoms with van der Waals surface area (Å²) in [6, 6.07) is 0. The zero-order valence-electron chi connectivity index (χ0n) is 13.6. The topological polar surface area (TPSA) is 72.8 Å². The summed E-state index contributed by atoms with van der Waals surface area (Å²) in [5.74, 6) is 0. The molecule has 0 bridgehead atoms. The molecule has 0 aliphatic carbocycles. The maximum Gasteiger partial charge on any atom is 0.424 e. The van der Waals surface area contributed by atoms with Crippen LogP contribution in [0.2, 0.25) is 0 Å². The van der Waals surface area contributed by atoms with E-state index in [0.717, 1.165) is 19.3 Å². The van der Waals surface area contributed by atoms with E-state index in [1.165, 1.54) is 51.4 Å². The third-order valence-corrected chi connectivity index (χ3v) is 3.50. The largest absolute Gasteiger partial charge is 0.424 e. The summed E-state index contributed by atoms with van der Waals surface area (Å²) >= 11 is 0. The second-order valence-electron chi connectivity index (χ2n) is 5.37. The average Bonchev–Trinajstić information content (AvgIpc) is 2.38. The quantitative estimate of drug-likeness (QED) is 0.160. The van der Waals surface area contributed by atoms with Gasteiger partial charge in [-0.1, -0.05) is 75.5 Å². The molecule has 0 heterocycles. The van der Waals surface area contributed by atoms with Gasteiger partial charge in [-0.15, -0.1) is 0 Å². The van der Waals surface area contributed by atoms with Crippen molar-refractivity contribution in [1.82, 2.24) is 0 Å². The molecular weight excluding hydrogens is 346 g/mol. The van der Waals surface area contributed by atoms with Crippen LogP contribution in [0, 0.1) is 0 Å². The molecular formula is C14H30O5SZn. The van der Waals surface area contributed by atoms with Crippen LogP contribution in [0.25, 0.3) is 0 Å². The third-order valence-electron chi connectivity index (χ3n) is 3.25. The fraction of sp³-hybridized carbons (Fsp3) is 1.00. The molecule has 7 heteroatoms. The zero-order chi connectivity index (χ0) is 15.3. The number of unbranched alkanes of at least 4 members (excludes halogenated alkanes) is 9. The molecule has 1 atom stereocenters. The predicted octanol–water partition coefficient (Wildman–Crippen LogP) is 4.43. The minimum atomic E-state index is -4.49. The van der Waals surface area contributed by atoms with Crippen molar-refractivity contribution in [1.29, 1.82) is 0 Å². The van der Waals surface area contributed by atoms with Gasteiger partial charge in [-0.25, -0.2) is 4.89 Å². The second kappa shape index (κ2) is 15.4. The SMILES string of the molecule is CCCCCCCCCCCCC(C)OOS(=O)(=O)O.[Zn]. The molecule has 0 saturated carbocycles. The molecule has 0 radical (unpaired) electrons. The molecule has 0 spiro atoms. The smallest absolute Gasteiger partial charge is 0.262 e. The molecule has 0 fully saturated rings. The Morgan fingerprint density at radius 2 is 1.33 bits per heavy atom. The first kappa shape index (κ1) is 23.7. The fourth-order valence-corrected chi connectivity index (χ4v) is 2.32. The van der Waals surface area contributed by atoms with Gasteiger partial charge in [0.1, 0.15) is 0 Å². The van der Waals surface area contributed by atoms with Gasteiger partial charge in [-0.2, -0.15) is 8.42 Å². The van der Waals surface area contributed by atoms with Crippen LogP contribution in [0.15, 0.2) is 0 Å². The molecule has 0 aromatic carbocycles. The van der Waals surface area contributed by atoms with Crippen LogP contribution < -0.4 is 0 Å². The predicted molar refractivity (Wildman–Crippen MR) is 79.6 cm³/mol. The van der Waals surface area contributed by atoms with Gasteiger partial charge >= 0.3 is 10.4 Å². The first-order valence-corrected chi connectivity index (χ1v) is 9.14. The van der Waals surface area contributed by atoms with Crippen LogP contribution in [0.5, 0.6) is 0 Å². The molecule has 5 nitrogen and oxygen atoms in total. The van der Waals surface area contributed by atoms with Gasteiger partial charge in [-0.3, -0.25) is 4.55 Å². The van der Waals surface area contributed by atoms with E-state index in [1.54, 1.807) is 6.92 Å². The second-order valence-corrected chi connectivity index (χ2v) is 6.36. The summed E-state index contributed by atoms with van der Waals surface area (Å²) in [7, 11) is -4.49. The molecule has 0 aromatic rings. The van der Waals surface area contributed by atoms with Gasteiger partial charge in [0.15, 0.2) is 0 Å². The van der Waals surface area contributed by atoms with Gasteiger partial charge in [0.25, 0.3) is 0 Å². The van der Waals surface area contributed by atoms with Crippen LogP contribution in [-0.2, 0) is 39.1 Å². The van der Waals surface area contributed by atoms with Crippen LogP contribution in [0.4, 0.5) is 0 Å². The Morgan fingerprint density at radius 1 is 0.905 bits per heavy atom. The molecule has 0 aliphatic heterocycles. The van der Waals surface area contributed by atoms with E-state index < -0.39 is 10.4 Å².